The molecule has 3 atom stereocenters. The molecule has 1 N–H and O–H groups in total. The second-order valence-corrected chi connectivity index (χ2v) is 5.14. The molecule has 0 amide bonds. The normalized spacial score (nSPS) is 27.6. The maximum Gasteiger partial charge on any atom is 0.0315 e. The van der Waals surface area contributed by atoms with Gasteiger partial charge in [0.1, 0.15) is 0 Å². The predicted octanol–water partition coefficient (Wildman–Crippen LogP) is 3.31. The van der Waals surface area contributed by atoms with Crippen LogP contribution in [0, 0.1) is 5.92 Å². The summed E-state index contributed by atoms with van der Waals surface area (Å²) in [4.78, 5) is 4.17. The first-order valence-electron chi connectivity index (χ1n) is 6.41. The third kappa shape index (κ3) is 3.05. The van der Waals surface area contributed by atoms with Crippen molar-refractivity contribution in [1.82, 2.24) is 10.3 Å². The van der Waals surface area contributed by atoms with E-state index in [0.29, 0.717) is 12.1 Å². The van der Waals surface area contributed by atoms with E-state index in [4.69, 9.17) is 0 Å². The molecule has 16 heavy (non-hydrogen) atoms. The van der Waals surface area contributed by atoms with Gasteiger partial charge in [0.15, 0.2) is 0 Å². The van der Waals surface area contributed by atoms with Gasteiger partial charge in [-0.1, -0.05) is 25.8 Å². The van der Waals surface area contributed by atoms with Gasteiger partial charge < -0.3 is 5.32 Å². The van der Waals surface area contributed by atoms with Crippen LogP contribution in [0.25, 0.3) is 0 Å². The molecule has 2 heteroatoms. The summed E-state index contributed by atoms with van der Waals surface area (Å²) < 4.78 is 0. The minimum Gasteiger partial charge on any atom is -0.307 e. The van der Waals surface area contributed by atoms with Crippen LogP contribution < -0.4 is 5.32 Å². The van der Waals surface area contributed by atoms with E-state index in [1.807, 2.05) is 18.5 Å². The lowest BCUT2D eigenvalue weighted by molar-refractivity contribution is 0.285. The van der Waals surface area contributed by atoms with Gasteiger partial charge in [0.25, 0.3) is 0 Å². The number of nitrogens with one attached hydrogen (secondary N) is 1. The molecule has 0 radical (unpaired) electrons. The van der Waals surface area contributed by atoms with Crippen LogP contribution in [0.15, 0.2) is 24.5 Å². The fourth-order valence-corrected chi connectivity index (χ4v) is 2.67. The van der Waals surface area contributed by atoms with E-state index in [1.165, 1.54) is 31.2 Å². The summed E-state index contributed by atoms with van der Waals surface area (Å²) in [6, 6.07) is 5.27. The summed E-state index contributed by atoms with van der Waals surface area (Å²) in [6.45, 7) is 4.60. The molecule has 0 saturated heterocycles. The first kappa shape index (κ1) is 11.6. The summed E-state index contributed by atoms with van der Waals surface area (Å²) in [6.07, 6.45) is 9.22. The number of hydrogen-bond donors (Lipinski definition) is 1. The van der Waals surface area contributed by atoms with Gasteiger partial charge in [-0.2, -0.15) is 0 Å². The van der Waals surface area contributed by atoms with Crippen molar-refractivity contribution >= 4 is 0 Å². The van der Waals surface area contributed by atoms with E-state index in [9.17, 15) is 0 Å². The Morgan fingerprint density at radius 3 is 3.00 bits per heavy atom. The van der Waals surface area contributed by atoms with Crippen LogP contribution in [-0.4, -0.2) is 11.0 Å². The Balaban J connectivity index is 1.89. The average Bonchev–Trinajstić information content (AvgIpc) is 2.30. The zero-order valence-corrected chi connectivity index (χ0v) is 10.3. The van der Waals surface area contributed by atoms with Crippen molar-refractivity contribution < 1.29 is 0 Å². The lowest BCUT2D eigenvalue weighted by atomic mass is 9.86. The topological polar surface area (TPSA) is 24.9 Å². The molecule has 1 aromatic rings. The summed E-state index contributed by atoms with van der Waals surface area (Å²) in [5.41, 5.74) is 1.29. The quantitative estimate of drug-likeness (QED) is 0.842. The van der Waals surface area contributed by atoms with Crippen molar-refractivity contribution in [2.75, 3.05) is 0 Å². The summed E-state index contributed by atoms with van der Waals surface area (Å²) in [5.74, 6) is 0.882. The van der Waals surface area contributed by atoms with Crippen molar-refractivity contribution in [1.29, 1.82) is 0 Å². The highest BCUT2D eigenvalue weighted by atomic mass is 14.9. The molecule has 2 rings (SSSR count). The zero-order chi connectivity index (χ0) is 11.4. The first-order chi connectivity index (χ1) is 7.75. The standard InChI is InChI=1S/C14H22N2/c1-11-5-3-7-14(9-11)16-12(2)13-6-4-8-15-10-13/h4,6,8,10-12,14,16H,3,5,7,9H2,1-2H3/t11?,12-,14?/m1/s1. The van der Waals surface area contributed by atoms with Gasteiger partial charge in [0.2, 0.25) is 0 Å². The fraction of sp³-hybridized carbons (Fsp3) is 0.643. The molecule has 1 heterocycles. The van der Waals surface area contributed by atoms with Gasteiger partial charge in [-0.05, 0) is 37.3 Å². The van der Waals surface area contributed by atoms with Gasteiger partial charge in [-0.3, -0.25) is 4.98 Å². The summed E-state index contributed by atoms with van der Waals surface area (Å²) in [7, 11) is 0. The van der Waals surface area contributed by atoms with Crippen LogP contribution >= 0.6 is 0 Å². The lowest BCUT2D eigenvalue weighted by Gasteiger charge is -2.30. The van der Waals surface area contributed by atoms with Crippen molar-refractivity contribution in [2.45, 2.75) is 51.6 Å². The van der Waals surface area contributed by atoms with Gasteiger partial charge in [-0.15, -0.1) is 0 Å². The SMILES string of the molecule is CC1CCCC(N[C@H](C)c2cccnc2)C1. The van der Waals surface area contributed by atoms with Crippen molar-refractivity contribution in [3.8, 4) is 0 Å². The molecule has 1 saturated carbocycles. The van der Waals surface area contributed by atoms with Crippen LogP contribution in [0.1, 0.15) is 51.1 Å². The highest BCUT2D eigenvalue weighted by Crippen LogP contribution is 2.25. The molecule has 1 aliphatic rings. The van der Waals surface area contributed by atoms with Gasteiger partial charge >= 0.3 is 0 Å². The van der Waals surface area contributed by atoms with Gasteiger partial charge in [-0.25, -0.2) is 0 Å². The van der Waals surface area contributed by atoms with Gasteiger partial charge in [0.05, 0.1) is 0 Å². The Hall–Kier alpha value is -0.890. The number of rotatable bonds is 3. The third-order valence-corrected chi connectivity index (χ3v) is 3.61. The van der Waals surface area contributed by atoms with Crippen LogP contribution in [0.2, 0.25) is 0 Å². The maximum absolute atomic E-state index is 4.17. The number of aromatic nitrogens is 1. The first-order valence-corrected chi connectivity index (χ1v) is 6.41. The monoisotopic (exact) mass is 218 g/mol. The van der Waals surface area contributed by atoms with Crippen molar-refractivity contribution in [2.24, 2.45) is 5.92 Å². The molecule has 1 aromatic heterocycles. The van der Waals surface area contributed by atoms with E-state index in [2.05, 4.69) is 30.2 Å². The summed E-state index contributed by atoms with van der Waals surface area (Å²) >= 11 is 0. The fourth-order valence-electron chi connectivity index (χ4n) is 2.67. The van der Waals surface area contributed by atoms with E-state index in [0.717, 1.165) is 5.92 Å². The van der Waals surface area contributed by atoms with Crippen LogP contribution in [0.4, 0.5) is 0 Å². The molecule has 0 spiro atoms. The minimum absolute atomic E-state index is 0.420. The van der Waals surface area contributed by atoms with Crippen LogP contribution in [0.5, 0.6) is 0 Å². The number of pyridine rings is 1. The molecule has 2 unspecified atom stereocenters. The van der Waals surface area contributed by atoms with Crippen molar-refractivity contribution in [3.05, 3.63) is 30.1 Å². The molecule has 88 valence electrons. The maximum atomic E-state index is 4.17. The van der Waals surface area contributed by atoms with Crippen LogP contribution in [-0.2, 0) is 0 Å². The average molecular weight is 218 g/mol. The molecule has 0 aliphatic heterocycles. The van der Waals surface area contributed by atoms with Crippen LogP contribution in [0.3, 0.4) is 0 Å². The minimum atomic E-state index is 0.420. The van der Waals surface area contributed by atoms with E-state index in [1.54, 1.807) is 0 Å². The van der Waals surface area contributed by atoms with Gasteiger partial charge in [0, 0.05) is 24.5 Å². The molecule has 0 bridgehead atoms. The highest BCUT2D eigenvalue weighted by Gasteiger charge is 2.20. The van der Waals surface area contributed by atoms with E-state index < -0.39 is 0 Å². The Morgan fingerprint density at radius 2 is 2.31 bits per heavy atom. The highest BCUT2D eigenvalue weighted by molar-refractivity contribution is 5.13. The second kappa shape index (κ2) is 5.44. The second-order valence-electron chi connectivity index (χ2n) is 5.14. The number of nitrogens with zero attached hydrogens (tertiary/aromatic N) is 1. The summed E-state index contributed by atoms with van der Waals surface area (Å²) in [5, 5.41) is 3.73. The zero-order valence-electron chi connectivity index (χ0n) is 10.3. The number of hydrogen-bond acceptors (Lipinski definition) is 2. The Labute approximate surface area is 98.5 Å². The Kier molecular flexibility index (Phi) is 3.94. The molecule has 1 fully saturated rings. The predicted molar refractivity (Wildman–Crippen MR) is 67.2 cm³/mol. The Morgan fingerprint density at radius 1 is 1.44 bits per heavy atom. The van der Waals surface area contributed by atoms with E-state index in [-0.39, 0.29) is 0 Å². The largest absolute Gasteiger partial charge is 0.307 e. The lowest BCUT2D eigenvalue weighted by Crippen LogP contribution is -2.35. The van der Waals surface area contributed by atoms with E-state index >= 15 is 0 Å². The smallest absolute Gasteiger partial charge is 0.0315 e. The molecule has 1 aliphatic carbocycles. The molecular weight excluding hydrogens is 196 g/mol. The Bertz CT molecular complexity index is 310. The van der Waals surface area contributed by atoms with Crippen molar-refractivity contribution in [3.63, 3.8) is 0 Å². The molecule has 2 nitrogen and oxygen atoms in total. The molecule has 0 aromatic carbocycles. The molecular formula is C14H22N2. The third-order valence-electron chi connectivity index (χ3n) is 3.61.